The van der Waals surface area contributed by atoms with E-state index in [4.69, 9.17) is 9.72 Å². The highest BCUT2D eigenvalue weighted by Crippen LogP contribution is 2.31. The lowest BCUT2D eigenvalue weighted by Gasteiger charge is -2.20. The number of carbonyl (C=O) groups is 1. The summed E-state index contributed by atoms with van der Waals surface area (Å²) in [5, 5.41) is 0.724. The molecule has 2 heterocycles. The van der Waals surface area contributed by atoms with Crippen LogP contribution in [0.4, 0.5) is 5.13 Å². The minimum absolute atomic E-state index is 0. The molecule has 0 saturated carbocycles. The molecule has 0 aliphatic heterocycles. The molecule has 2 aromatic heterocycles. The minimum Gasteiger partial charge on any atom is -0.491 e. The lowest BCUT2D eigenvalue weighted by Crippen LogP contribution is -2.32. The summed E-state index contributed by atoms with van der Waals surface area (Å²) in [5.74, 6) is 0.701. The number of amides is 1. The Bertz CT molecular complexity index is 1160. The molecule has 8 heteroatoms. The predicted molar refractivity (Wildman–Crippen MR) is 132 cm³/mol. The Labute approximate surface area is 198 Å². The zero-order chi connectivity index (χ0) is 21.8. The molecular weight excluding hydrogens is 444 g/mol. The Morgan fingerprint density at radius 1 is 1.19 bits per heavy atom. The normalized spacial score (nSPS) is 10.9. The van der Waals surface area contributed by atoms with E-state index in [9.17, 15) is 4.79 Å². The maximum absolute atomic E-state index is 13.5. The van der Waals surface area contributed by atoms with E-state index in [1.54, 1.807) is 28.8 Å². The molecule has 0 atom stereocenters. The monoisotopic (exact) mass is 470 g/mol. The molecular formula is C24H27ClN4O2S. The molecule has 0 bridgehead atoms. The van der Waals surface area contributed by atoms with Crippen molar-refractivity contribution >= 4 is 45.0 Å². The van der Waals surface area contributed by atoms with Crippen molar-refractivity contribution in [3.8, 4) is 5.75 Å². The van der Waals surface area contributed by atoms with Crippen LogP contribution in [-0.4, -0.2) is 33.1 Å². The maximum Gasteiger partial charge on any atom is 0.260 e. The lowest BCUT2D eigenvalue weighted by atomic mass is 10.2. The number of halogens is 1. The second-order valence-corrected chi connectivity index (χ2v) is 8.73. The summed E-state index contributed by atoms with van der Waals surface area (Å²) in [5.41, 5.74) is 2.69. The van der Waals surface area contributed by atoms with Crippen LogP contribution in [0.1, 0.15) is 36.2 Å². The first-order valence-corrected chi connectivity index (χ1v) is 11.2. The molecule has 168 valence electrons. The van der Waals surface area contributed by atoms with Crippen molar-refractivity contribution in [1.82, 2.24) is 14.5 Å². The molecule has 0 fully saturated rings. The van der Waals surface area contributed by atoms with Crippen LogP contribution in [0.2, 0.25) is 0 Å². The van der Waals surface area contributed by atoms with Gasteiger partial charge in [0.2, 0.25) is 0 Å². The number of para-hydroxylation sites is 1. The molecule has 0 saturated heterocycles. The number of rotatable bonds is 8. The summed E-state index contributed by atoms with van der Waals surface area (Å²) in [6, 6.07) is 13.5. The summed E-state index contributed by atoms with van der Waals surface area (Å²) < 4.78 is 8.81. The number of carbonyl (C=O) groups excluding carboxylic acids is 1. The van der Waals surface area contributed by atoms with Gasteiger partial charge in [0, 0.05) is 31.0 Å². The highest BCUT2D eigenvalue weighted by Gasteiger charge is 2.21. The van der Waals surface area contributed by atoms with E-state index >= 15 is 0 Å². The Kier molecular flexibility index (Phi) is 7.88. The first-order valence-electron chi connectivity index (χ1n) is 10.4. The summed E-state index contributed by atoms with van der Waals surface area (Å²) in [4.78, 5) is 24.2. The number of thiazole rings is 1. The van der Waals surface area contributed by atoms with Crippen LogP contribution in [0.3, 0.4) is 0 Å². The highest BCUT2D eigenvalue weighted by molar-refractivity contribution is 7.22. The van der Waals surface area contributed by atoms with Gasteiger partial charge in [-0.25, -0.2) is 9.97 Å². The van der Waals surface area contributed by atoms with Crippen molar-refractivity contribution in [3.05, 3.63) is 72.3 Å². The molecule has 32 heavy (non-hydrogen) atoms. The SMILES string of the molecule is Cc1cccc2sc(N(CCCn3ccnc3)C(=O)c3ccc(OC(C)C)cc3)nc12.Cl. The number of hydrogen-bond acceptors (Lipinski definition) is 5. The molecule has 2 aromatic carbocycles. The van der Waals surface area contributed by atoms with Gasteiger partial charge in [0.15, 0.2) is 5.13 Å². The second-order valence-electron chi connectivity index (χ2n) is 7.72. The smallest absolute Gasteiger partial charge is 0.260 e. The van der Waals surface area contributed by atoms with E-state index in [0.29, 0.717) is 12.1 Å². The third kappa shape index (κ3) is 5.47. The largest absolute Gasteiger partial charge is 0.491 e. The van der Waals surface area contributed by atoms with E-state index in [2.05, 4.69) is 11.1 Å². The van der Waals surface area contributed by atoms with Crippen LogP contribution < -0.4 is 9.64 Å². The molecule has 4 aromatic rings. The van der Waals surface area contributed by atoms with Gasteiger partial charge in [0.1, 0.15) is 5.75 Å². The summed E-state index contributed by atoms with van der Waals surface area (Å²) >= 11 is 1.55. The zero-order valence-electron chi connectivity index (χ0n) is 18.4. The number of nitrogens with zero attached hydrogens (tertiary/aromatic N) is 4. The van der Waals surface area contributed by atoms with Crippen LogP contribution in [0.15, 0.2) is 61.2 Å². The third-order valence-corrected chi connectivity index (χ3v) is 5.96. The van der Waals surface area contributed by atoms with Gasteiger partial charge in [-0.1, -0.05) is 23.5 Å². The number of anilines is 1. The van der Waals surface area contributed by atoms with E-state index in [0.717, 1.165) is 39.6 Å². The van der Waals surface area contributed by atoms with Crippen molar-refractivity contribution < 1.29 is 9.53 Å². The fourth-order valence-electron chi connectivity index (χ4n) is 3.41. The first-order chi connectivity index (χ1) is 15.0. The van der Waals surface area contributed by atoms with Gasteiger partial charge in [-0.2, -0.15) is 0 Å². The topological polar surface area (TPSA) is 60.2 Å². The number of ether oxygens (including phenoxy) is 1. The van der Waals surface area contributed by atoms with Crippen molar-refractivity contribution in [2.45, 2.75) is 39.8 Å². The standard InChI is InChI=1S/C24H26N4O2S.ClH/c1-17(2)30-20-10-8-19(9-11-20)23(29)28(14-5-13-27-15-12-25-16-27)24-26-22-18(3)6-4-7-21(22)31-24;/h4,6-12,15-17H,5,13-14H2,1-3H3;1H. The van der Waals surface area contributed by atoms with Crippen molar-refractivity contribution in [3.63, 3.8) is 0 Å². The molecule has 0 spiro atoms. The van der Waals surface area contributed by atoms with Crippen LogP contribution >= 0.6 is 23.7 Å². The van der Waals surface area contributed by atoms with Gasteiger partial charge in [-0.3, -0.25) is 9.69 Å². The number of aryl methyl sites for hydroxylation is 2. The number of hydrogen-bond donors (Lipinski definition) is 0. The van der Waals surface area contributed by atoms with Crippen LogP contribution in [-0.2, 0) is 6.54 Å². The third-order valence-electron chi connectivity index (χ3n) is 4.92. The van der Waals surface area contributed by atoms with Crippen molar-refractivity contribution in [2.75, 3.05) is 11.4 Å². The summed E-state index contributed by atoms with van der Waals surface area (Å²) in [7, 11) is 0. The number of benzene rings is 2. The average molecular weight is 471 g/mol. The molecule has 0 aliphatic rings. The van der Waals surface area contributed by atoms with Crippen LogP contribution in [0, 0.1) is 6.92 Å². The predicted octanol–water partition coefficient (Wildman–Crippen LogP) is 5.75. The molecule has 6 nitrogen and oxygen atoms in total. The Hall–Kier alpha value is -2.90. The Balaban J connectivity index is 0.00000289. The van der Waals surface area contributed by atoms with Crippen molar-refractivity contribution in [2.24, 2.45) is 0 Å². The lowest BCUT2D eigenvalue weighted by molar-refractivity contribution is 0.0986. The molecule has 4 rings (SSSR count). The minimum atomic E-state index is -0.0570. The number of fused-ring (bicyclic) bond motifs is 1. The Morgan fingerprint density at radius 3 is 2.62 bits per heavy atom. The van der Waals surface area contributed by atoms with E-state index in [1.165, 1.54) is 0 Å². The highest BCUT2D eigenvalue weighted by atomic mass is 35.5. The van der Waals surface area contributed by atoms with E-state index < -0.39 is 0 Å². The van der Waals surface area contributed by atoms with Gasteiger partial charge in [0.05, 0.1) is 22.6 Å². The number of imidazole rings is 1. The summed E-state index contributed by atoms with van der Waals surface area (Å²) in [6.07, 6.45) is 6.37. The number of aromatic nitrogens is 3. The Morgan fingerprint density at radius 2 is 1.97 bits per heavy atom. The van der Waals surface area contributed by atoms with E-state index in [1.807, 2.05) is 67.9 Å². The van der Waals surface area contributed by atoms with E-state index in [-0.39, 0.29) is 24.4 Å². The maximum atomic E-state index is 13.5. The fourth-order valence-corrected chi connectivity index (χ4v) is 4.48. The molecule has 0 N–H and O–H groups in total. The van der Waals surface area contributed by atoms with Crippen LogP contribution in [0.25, 0.3) is 10.2 Å². The molecule has 0 aliphatic carbocycles. The second kappa shape index (κ2) is 10.6. The molecule has 0 radical (unpaired) electrons. The molecule has 1 amide bonds. The summed E-state index contributed by atoms with van der Waals surface area (Å²) in [6.45, 7) is 7.37. The van der Waals surface area contributed by atoms with Gasteiger partial charge in [0.25, 0.3) is 5.91 Å². The van der Waals surface area contributed by atoms with Gasteiger partial charge in [-0.05, 0) is 63.1 Å². The quantitative estimate of drug-likeness (QED) is 0.329. The first kappa shape index (κ1) is 23.8. The average Bonchev–Trinajstić information content (AvgIpc) is 3.41. The van der Waals surface area contributed by atoms with Crippen LogP contribution in [0.5, 0.6) is 5.75 Å². The zero-order valence-corrected chi connectivity index (χ0v) is 20.0. The fraction of sp³-hybridized carbons (Fsp3) is 0.292. The van der Waals surface area contributed by atoms with Crippen molar-refractivity contribution in [1.29, 1.82) is 0 Å². The van der Waals surface area contributed by atoms with Gasteiger partial charge >= 0.3 is 0 Å². The van der Waals surface area contributed by atoms with Gasteiger partial charge < -0.3 is 9.30 Å². The molecule has 0 unspecified atom stereocenters. The van der Waals surface area contributed by atoms with Gasteiger partial charge in [-0.15, -0.1) is 12.4 Å².